The van der Waals surface area contributed by atoms with Crippen molar-refractivity contribution in [2.75, 3.05) is 13.7 Å². The number of carbonyl (C=O) groups is 2. The SMILES string of the molecule is COC(=O)[C@H](CCO[C@H](Cc1ccc(F)cc1)[C@@H](O[Si](C(C)C)(C(C)C)C(C)C)[C@H](C)OCc1ccccc1)NC(=O)OC(C)(C)C. The number of nitrogens with one attached hydrogen (secondary N) is 1. The normalized spacial score (nSPS) is 15.0. The molecule has 8 nitrogen and oxygen atoms in total. The molecule has 10 heteroatoms. The van der Waals surface area contributed by atoms with Gasteiger partial charge in [-0.05, 0) is 67.6 Å². The average Bonchev–Trinajstić information content (AvgIpc) is 2.99. The highest BCUT2D eigenvalue weighted by molar-refractivity contribution is 6.77. The molecule has 1 amide bonds. The minimum absolute atomic E-state index is 0.103. The number of alkyl carbamates (subject to hydrolysis) is 1. The third kappa shape index (κ3) is 12.6. The summed E-state index contributed by atoms with van der Waals surface area (Å²) in [4.78, 5) is 25.2. The van der Waals surface area contributed by atoms with Crippen molar-refractivity contribution in [3.8, 4) is 0 Å². The zero-order valence-corrected chi connectivity index (χ0v) is 31.3. The van der Waals surface area contributed by atoms with E-state index in [0.29, 0.717) is 29.7 Å². The van der Waals surface area contributed by atoms with Crippen molar-refractivity contribution in [2.24, 2.45) is 0 Å². The van der Waals surface area contributed by atoms with Crippen LogP contribution in [0.1, 0.15) is 86.8 Å². The molecule has 0 fully saturated rings. The van der Waals surface area contributed by atoms with E-state index in [1.807, 2.05) is 37.3 Å². The Morgan fingerprint density at radius 2 is 1.40 bits per heavy atom. The van der Waals surface area contributed by atoms with Gasteiger partial charge in [0.25, 0.3) is 0 Å². The van der Waals surface area contributed by atoms with Crippen LogP contribution in [0.2, 0.25) is 16.6 Å². The molecule has 0 saturated heterocycles. The highest BCUT2D eigenvalue weighted by Gasteiger charge is 2.49. The molecule has 47 heavy (non-hydrogen) atoms. The van der Waals surface area contributed by atoms with Gasteiger partial charge in [0, 0.05) is 19.4 Å². The third-order valence-electron chi connectivity index (χ3n) is 8.50. The summed E-state index contributed by atoms with van der Waals surface area (Å²) in [6, 6.07) is 15.4. The number of rotatable bonds is 18. The van der Waals surface area contributed by atoms with E-state index in [1.165, 1.54) is 19.2 Å². The van der Waals surface area contributed by atoms with E-state index >= 15 is 0 Å². The number of amides is 1. The molecule has 4 atom stereocenters. The number of ether oxygens (including phenoxy) is 4. The predicted molar refractivity (Wildman–Crippen MR) is 186 cm³/mol. The lowest BCUT2D eigenvalue weighted by molar-refractivity contribution is -0.144. The first-order valence-corrected chi connectivity index (χ1v) is 18.9. The highest BCUT2D eigenvalue weighted by atomic mass is 28.4. The molecule has 0 heterocycles. The first-order chi connectivity index (χ1) is 22.0. The van der Waals surface area contributed by atoms with Crippen LogP contribution in [0, 0.1) is 5.82 Å². The molecule has 2 aromatic carbocycles. The summed E-state index contributed by atoms with van der Waals surface area (Å²) in [5.41, 5.74) is 2.10. The van der Waals surface area contributed by atoms with Crippen LogP contribution in [-0.4, -0.2) is 64.1 Å². The molecular formula is C37H58FNO7Si. The monoisotopic (exact) mass is 675 g/mol. The predicted octanol–water partition coefficient (Wildman–Crippen LogP) is 8.38. The summed E-state index contributed by atoms with van der Waals surface area (Å²) >= 11 is 0. The number of methoxy groups -OCH3 is 1. The van der Waals surface area contributed by atoms with Crippen molar-refractivity contribution in [1.29, 1.82) is 0 Å². The molecule has 1 N–H and O–H groups in total. The molecule has 0 radical (unpaired) electrons. The summed E-state index contributed by atoms with van der Waals surface area (Å²) in [5.74, 6) is -0.925. The Hall–Kier alpha value is -2.79. The Kier molecular flexibility index (Phi) is 16.0. The Morgan fingerprint density at radius 3 is 1.91 bits per heavy atom. The highest BCUT2D eigenvalue weighted by Crippen LogP contribution is 2.44. The van der Waals surface area contributed by atoms with Gasteiger partial charge >= 0.3 is 12.1 Å². The molecule has 0 aromatic heterocycles. The number of halogens is 1. The second-order valence-electron chi connectivity index (χ2n) is 14.2. The van der Waals surface area contributed by atoms with E-state index in [2.05, 4.69) is 46.9 Å². The van der Waals surface area contributed by atoms with Gasteiger partial charge in [0.05, 0.1) is 32.0 Å². The van der Waals surface area contributed by atoms with Crippen LogP contribution in [0.5, 0.6) is 0 Å². The van der Waals surface area contributed by atoms with Gasteiger partial charge < -0.3 is 28.7 Å². The summed E-state index contributed by atoms with van der Waals surface area (Å²) in [6.45, 7) is 21.2. The molecule has 0 saturated carbocycles. The quantitative estimate of drug-likeness (QED) is 0.125. The van der Waals surface area contributed by atoms with Crippen LogP contribution < -0.4 is 5.32 Å². The van der Waals surface area contributed by atoms with Crippen molar-refractivity contribution in [2.45, 2.75) is 135 Å². The largest absolute Gasteiger partial charge is 0.467 e. The van der Waals surface area contributed by atoms with Gasteiger partial charge in [-0.2, -0.15) is 0 Å². The molecular weight excluding hydrogens is 617 g/mol. The Labute approximate surface area is 283 Å². The van der Waals surface area contributed by atoms with E-state index in [4.69, 9.17) is 23.4 Å². The van der Waals surface area contributed by atoms with Crippen molar-refractivity contribution in [1.82, 2.24) is 5.32 Å². The minimum Gasteiger partial charge on any atom is -0.467 e. The molecule has 2 aromatic rings. The van der Waals surface area contributed by atoms with Crippen LogP contribution in [-0.2, 0) is 41.2 Å². The molecule has 0 aliphatic carbocycles. The topological polar surface area (TPSA) is 92.3 Å². The fourth-order valence-electron chi connectivity index (χ4n) is 6.32. The zero-order valence-electron chi connectivity index (χ0n) is 30.3. The van der Waals surface area contributed by atoms with Gasteiger partial charge in [-0.15, -0.1) is 0 Å². The van der Waals surface area contributed by atoms with Crippen molar-refractivity contribution in [3.63, 3.8) is 0 Å². The summed E-state index contributed by atoms with van der Waals surface area (Å²) in [6.07, 6.45) is -1.54. The fraction of sp³-hybridized carbons (Fsp3) is 0.622. The van der Waals surface area contributed by atoms with Crippen LogP contribution in [0.4, 0.5) is 9.18 Å². The van der Waals surface area contributed by atoms with Gasteiger partial charge in [-0.25, -0.2) is 14.0 Å². The second-order valence-corrected chi connectivity index (χ2v) is 19.6. The van der Waals surface area contributed by atoms with Crippen molar-refractivity contribution in [3.05, 3.63) is 71.5 Å². The molecule has 2 rings (SSSR count). The van der Waals surface area contributed by atoms with Crippen LogP contribution in [0.3, 0.4) is 0 Å². The number of esters is 1. The smallest absolute Gasteiger partial charge is 0.408 e. The summed E-state index contributed by atoms with van der Waals surface area (Å²) in [7, 11) is -1.18. The van der Waals surface area contributed by atoms with Crippen LogP contribution >= 0.6 is 0 Å². The van der Waals surface area contributed by atoms with E-state index in [0.717, 1.165) is 11.1 Å². The number of benzene rings is 2. The lowest BCUT2D eigenvalue weighted by atomic mass is 10.0. The second kappa shape index (κ2) is 18.7. The van der Waals surface area contributed by atoms with Gasteiger partial charge in [-0.1, -0.05) is 84.0 Å². The molecule has 0 unspecified atom stereocenters. The Bertz CT molecular complexity index is 1200. The van der Waals surface area contributed by atoms with E-state index in [1.54, 1.807) is 32.9 Å². The fourth-order valence-corrected chi connectivity index (χ4v) is 11.9. The molecule has 264 valence electrons. The molecule has 0 bridgehead atoms. The van der Waals surface area contributed by atoms with Gasteiger partial charge in [0.15, 0.2) is 0 Å². The first kappa shape index (κ1) is 40.4. The number of hydrogen-bond acceptors (Lipinski definition) is 7. The van der Waals surface area contributed by atoms with Crippen molar-refractivity contribution >= 4 is 20.4 Å². The van der Waals surface area contributed by atoms with Crippen molar-refractivity contribution < 1.29 is 37.4 Å². The molecule has 0 spiro atoms. The molecule has 0 aliphatic heterocycles. The maximum Gasteiger partial charge on any atom is 0.408 e. The van der Waals surface area contributed by atoms with Gasteiger partial charge in [0.1, 0.15) is 17.5 Å². The van der Waals surface area contributed by atoms with Crippen LogP contribution in [0.25, 0.3) is 0 Å². The summed E-state index contributed by atoms with van der Waals surface area (Å²) < 4.78 is 44.8. The maximum atomic E-state index is 13.9. The van der Waals surface area contributed by atoms with E-state index < -0.39 is 44.2 Å². The van der Waals surface area contributed by atoms with Crippen LogP contribution in [0.15, 0.2) is 54.6 Å². The van der Waals surface area contributed by atoms with E-state index in [9.17, 15) is 14.0 Å². The average molecular weight is 676 g/mol. The van der Waals surface area contributed by atoms with E-state index in [-0.39, 0.29) is 24.9 Å². The number of carbonyl (C=O) groups excluding carboxylic acids is 2. The lowest BCUT2D eigenvalue weighted by Gasteiger charge is -2.47. The van der Waals surface area contributed by atoms with Gasteiger partial charge in [0.2, 0.25) is 8.32 Å². The first-order valence-electron chi connectivity index (χ1n) is 16.8. The Morgan fingerprint density at radius 1 is 0.830 bits per heavy atom. The maximum absolute atomic E-state index is 13.9. The zero-order chi connectivity index (χ0) is 35.4. The standard InChI is InChI=1S/C37H58FNO7Si/c1-25(2)47(26(3)4,27(5)6)46-34(28(7)44-24-30-15-13-12-14-16-30)33(23-29-17-19-31(38)20-18-29)43-22-21-32(35(40)42-11)39-36(41)45-37(8,9)10/h12-20,25-28,32-34H,21-24H2,1-11H3,(H,39,41)/t28-,32-,33+,34-/m0/s1. The Balaban J connectivity index is 2.48. The van der Waals surface area contributed by atoms with Gasteiger partial charge in [-0.3, -0.25) is 0 Å². The number of hydrogen-bond donors (Lipinski definition) is 1. The summed E-state index contributed by atoms with van der Waals surface area (Å²) in [5, 5.41) is 2.62. The minimum atomic E-state index is -2.45. The third-order valence-corrected chi connectivity index (χ3v) is 14.6. The molecule has 0 aliphatic rings. The lowest BCUT2D eigenvalue weighted by Crippen LogP contribution is -2.56.